The summed E-state index contributed by atoms with van der Waals surface area (Å²) in [5.41, 5.74) is 4.96. The van der Waals surface area contributed by atoms with E-state index in [1.165, 1.54) is 16.8 Å². The van der Waals surface area contributed by atoms with E-state index in [0.29, 0.717) is 17.8 Å². The number of hydrogen-bond donors (Lipinski definition) is 2. The average Bonchev–Trinajstić information content (AvgIpc) is 3.46. The molecule has 1 fully saturated rings. The molecule has 0 spiro atoms. The molecule has 0 saturated heterocycles. The van der Waals surface area contributed by atoms with Crippen LogP contribution in [-0.4, -0.2) is 23.2 Å². The number of H-pyrrole nitrogens is 1. The molecule has 0 bridgehead atoms. The van der Waals surface area contributed by atoms with Crippen LogP contribution in [0.5, 0.6) is 0 Å². The van der Waals surface area contributed by atoms with Crippen molar-refractivity contribution < 1.29 is 4.74 Å². The molecule has 183 valence electrons. The van der Waals surface area contributed by atoms with E-state index in [4.69, 9.17) is 11.5 Å². The summed E-state index contributed by atoms with van der Waals surface area (Å²) >= 11 is 0. The van der Waals surface area contributed by atoms with Crippen molar-refractivity contribution in [3.63, 3.8) is 0 Å². The molecule has 3 atom stereocenters. The molecule has 1 aliphatic carbocycles. The Morgan fingerprint density at radius 3 is 2.71 bits per heavy atom. The number of ether oxygens (including phenoxy) is 1. The Morgan fingerprint density at radius 2 is 2.06 bits per heavy atom. The van der Waals surface area contributed by atoms with Crippen molar-refractivity contribution in [3.05, 3.63) is 64.8 Å². The van der Waals surface area contributed by atoms with Crippen LogP contribution >= 0.6 is 10.3 Å². The second kappa shape index (κ2) is 12.6. The van der Waals surface area contributed by atoms with Gasteiger partial charge in [0.15, 0.2) is 0 Å². The Balaban J connectivity index is 1.68. The first-order valence-corrected chi connectivity index (χ1v) is 14.6. The molecule has 1 heterocycles. The van der Waals surface area contributed by atoms with Crippen LogP contribution < -0.4 is 5.32 Å². The molecule has 1 aromatic heterocycles. The average molecular weight is 479 g/mol. The van der Waals surface area contributed by atoms with Gasteiger partial charge in [-0.25, -0.2) is 0 Å². The van der Waals surface area contributed by atoms with Gasteiger partial charge in [-0.05, 0) is 25.5 Å². The van der Waals surface area contributed by atoms with Gasteiger partial charge in [0.25, 0.3) is 0 Å². The van der Waals surface area contributed by atoms with Crippen molar-refractivity contribution in [3.8, 4) is 0 Å². The number of aromatic nitrogens is 2. The summed E-state index contributed by atoms with van der Waals surface area (Å²) in [4.78, 5) is 0. The maximum atomic E-state index is 6.39. The van der Waals surface area contributed by atoms with Gasteiger partial charge < -0.3 is 4.74 Å². The van der Waals surface area contributed by atoms with Gasteiger partial charge in [0.2, 0.25) is 0 Å². The molecule has 2 N–H and O–H groups in total. The molecule has 0 aliphatic heterocycles. The van der Waals surface area contributed by atoms with Crippen molar-refractivity contribution in [1.29, 1.82) is 0 Å². The molecule has 1 aliphatic rings. The minimum absolute atomic E-state index is 0.115. The van der Waals surface area contributed by atoms with E-state index in [1.807, 2.05) is 0 Å². The van der Waals surface area contributed by atoms with Gasteiger partial charge in [0, 0.05) is 5.92 Å². The zero-order chi connectivity index (χ0) is 24.7. The van der Waals surface area contributed by atoms with Crippen LogP contribution in [0.3, 0.4) is 0 Å². The third-order valence-electron chi connectivity index (χ3n) is 6.61. The Bertz CT molecular complexity index is 1040. The molecule has 34 heavy (non-hydrogen) atoms. The molecule has 1 radical (unpaired) electrons. The first kappa shape index (κ1) is 26.5. The molecule has 0 amide bonds. The van der Waals surface area contributed by atoms with Crippen molar-refractivity contribution in [2.45, 2.75) is 78.4 Å². The van der Waals surface area contributed by atoms with E-state index in [1.54, 1.807) is 0 Å². The van der Waals surface area contributed by atoms with Gasteiger partial charge >= 0.3 is 142 Å². The Hall–Kier alpha value is -2.08. The second-order valence-corrected chi connectivity index (χ2v) is 11.3. The fraction of sp³-hybridized carbons (Fsp3) is 0.536. The molecule has 3 rings (SSSR count). The number of allylic oxidation sites excluding steroid dienone is 4. The van der Waals surface area contributed by atoms with E-state index in [9.17, 15) is 0 Å². The van der Waals surface area contributed by atoms with Crippen LogP contribution in [0, 0.1) is 11.8 Å². The predicted molar refractivity (Wildman–Crippen MR) is 149 cm³/mol. The van der Waals surface area contributed by atoms with Crippen LogP contribution in [0.25, 0.3) is 0 Å². The van der Waals surface area contributed by atoms with Gasteiger partial charge in [-0.3, -0.25) is 0 Å². The summed E-state index contributed by atoms with van der Waals surface area (Å²) in [6.45, 7) is 16.9. The SMILES string of the molecule is [B]=S(C)Cc1cc(Nc2cc(C3CCC(/C(=C\CC)O/C(=C\C)C(C)C)C3)[nH]n2)ccc1CC. The molecule has 1 aromatic carbocycles. The van der Waals surface area contributed by atoms with E-state index >= 15 is 0 Å². The third kappa shape index (κ3) is 6.97. The van der Waals surface area contributed by atoms with Crippen LogP contribution in [0.2, 0.25) is 0 Å². The zero-order valence-electron chi connectivity index (χ0n) is 21.8. The fourth-order valence-corrected chi connectivity index (χ4v) is 5.61. The Morgan fingerprint density at radius 1 is 1.26 bits per heavy atom. The van der Waals surface area contributed by atoms with Gasteiger partial charge in [-0.1, -0.05) is 20.8 Å². The summed E-state index contributed by atoms with van der Waals surface area (Å²) in [5.74, 6) is 5.31. The molecule has 2 aromatic rings. The molecular formula is C28H41BN3OS. The number of benzene rings is 1. The van der Waals surface area contributed by atoms with Crippen LogP contribution in [-0.2, 0) is 16.9 Å². The van der Waals surface area contributed by atoms with E-state index in [0.717, 1.165) is 60.9 Å². The molecule has 6 heteroatoms. The topological polar surface area (TPSA) is 49.9 Å². The first-order valence-electron chi connectivity index (χ1n) is 12.7. The summed E-state index contributed by atoms with van der Waals surface area (Å²) in [6.07, 6.45) is 11.8. The number of rotatable bonds is 11. The normalized spacial score (nSPS) is 20.1. The fourth-order valence-electron chi connectivity index (χ4n) is 4.85. The molecular weight excluding hydrogens is 437 g/mol. The maximum absolute atomic E-state index is 6.39. The summed E-state index contributed by atoms with van der Waals surface area (Å²) in [7, 11) is -0.115. The monoisotopic (exact) mass is 478 g/mol. The number of aryl methyl sites for hydroxylation is 1. The zero-order valence-corrected chi connectivity index (χ0v) is 22.6. The summed E-state index contributed by atoms with van der Waals surface area (Å²) in [5, 5.41) is 11.4. The second-order valence-electron chi connectivity index (χ2n) is 9.68. The van der Waals surface area contributed by atoms with Crippen LogP contribution in [0.15, 0.2) is 47.9 Å². The number of nitrogens with one attached hydrogen (secondary N) is 2. The van der Waals surface area contributed by atoms with Crippen molar-refractivity contribution in [2.24, 2.45) is 11.8 Å². The van der Waals surface area contributed by atoms with Crippen LogP contribution in [0.1, 0.15) is 83.0 Å². The quantitative estimate of drug-likeness (QED) is 0.254. The predicted octanol–water partition coefficient (Wildman–Crippen LogP) is 7.95. The van der Waals surface area contributed by atoms with Gasteiger partial charge in [-0.15, -0.1) is 0 Å². The number of anilines is 2. The molecule has 1 saturated carbocycles. The van der Waals surface area contributed by atoms with Gasteiger partial charge in [-0.2, -0.15) is 0 Å². The van der Waals surface area contributed by atoms with E-state index < -0.39 is 0 Å². The first-order chi connectivity index (χ1) is 16.3. The Kier molecular flexibility index (Phi) is 9.81. The van der Waals surface area contributed by atoms with E-state index in [2.05, 4.69) is 92.8 Å². The van der Waals surface area contributed by atoms with Crippen molar-refractivity contribution in [2.75, 3.05) is 11.6 Å². The van der Waals surface area contributed by atoms with Crippen molar-refractivity contribution in [1.82, 2.24) is 10.2 Å². The number of aromatic amines is 1. The molecule has 3 unspecified atom stereocenters. The Labute approximate surface area is 209 Å². The van der Waals surface area contributed by atoms with Gasteiger partial charge in [0.05, 0.1) is 0 Å². The van der Waals surface area contributed by atoms with E-state index in [-0.39, 0.29) is 10.3 Å². The minimum atomic E-state index is -0.115. The van der Waals surface area contributed by atoms with Gasteiger partial charge in [0.1, 0.15) is 11.5 Å². The summed E-state index contributed by atoms with van der Waals surface area (Å²) < 4.78 is 6.39. The van der Waals surface area contributed by atoms with Crippen LogP contribution in [0.4, 0.5) is 11.5 Å². The third-order valence-corrected chi connectivity index (χ3v) is 7.38. The standard InChI is InChI=1S/C28H41BN3OS/c1-7-10-27(33-26(9-3)19(4)5)22-12-11-21(15-22)25-17-28(32-31-25)30-24-14-13-20(8-2)23(16-24)18-34(6)29/h9-10,13-14,16-17,19,21-22H,7-8,11-12,15,18H2,1-6H3,(H2,30,31,32)/b26-9-,27-10+. The molecule has 4 nitrogen and oxygen atoms in total. The van der Waals surface area contributed by atoms with Crippen molar-refractivity contribution >= 4 is 28.5 Å². The summed E-state index contributed by atoms with van der Waals surface area (Å²) in [6, 6.07) is 8.74. The number of hydrogen-bond acceptors (Lipinski definition) is 3. The number of nitrogens with zero attached hydrogens (tertiary/aromatic N) is 1.